The Morgan fingerprint density at radius 1 is 1.24 bits per heavy atom. The van der Waals surface area contributed by atoms with E-state index in [1.807, 2.05) is 0 Å². The van der Waals surface area contributed by atoms with E-state index in [4.69, 9.17) is 9.47 Å². The normalized spacial score (nSPS) is 12.6. The third-order valence-electron chi connectivity index (χ3n) is 4.07. The van der Waals surface area contributed by atoms with Crippen LogP contribution in [-0.2, 0) is 27.5 Å². The van der Waals surface area contributed by atoms with E-state index in [1.54, 1.807) is 26.3 Å². The van der Waals surface area contributed by atoms with E-state index in [0.29, 0.717) is 30.2 Å². The summed E-state index contributed by atoms with van der Waals surface area (Å²) in [5, 5.41) is 0.0984. The molecule has 2 heterocycles. The number of aromatic amines is 1. The van der Waals surface area contributed by atoms with Crippen molar-refractivity contribution in [3.05, 3.63) is 47.3 Å². The number of benzene rings is 1. The molecule has 0 saturated carbocycles. The predicted molar refractivity (Wildman–Crippen MR) is 98.7 cm³/mol. The first-order valence-electron chi connectivity index (χ1n) is 8.31. The quantitative estimate of drug-likeness (QED) is 0.436. The van der Waals surface area contributed by atoms with Crippen LogP contribution in [0.5, 0.6) is 5.75 Å². The summed E-state index contributed by atoms with van der Waals surface area (Å²) in [6.07, 6.45) is -2.90. The van der Waals surface area contributed by atoms with Crippen molar-refractivity contribution in [3.63, 3.8) is 0 Å². The van der Waals surface area contributed by atoms with Crippen molar-refractivity contribution in [1.82, 2.24) is 15.0 Å². The smallest absolute Gasteiger partial charge is 1.00 e. The van der Waals surface area contributed by atoms with Crippen LogP contribution in [0.1, 0.15) is 18.2 Å². The topological polar surface area (TPSA) is 77.1 Å². The van der Waals surface area contributed by atoms with E-state index in [1.165, 1.54) is 6.07 Å². The van der Waals surface area contributed by atoms with Crippen molar-refractivity contribution in [2.24, 2.45) is 0 Å². The molecule has 0 spiro atoms. The van der Waals surface area contributed by atoms with Crippen molar-refractivity contribution in [2.45, 2.75) is 24.0 Å². The molecule has 1 N–H and O–H groups in total. The zero-order chi connectivity index (χ0) is 20.3. The molecule has 0 aliphatic carbocycles. The van der Waals surface area contributed by atoms with Gasteiger partial charge in [0.2, 0.25) is 0 Å². The number of ether oxygens (including phenoxy) is 2. The van der Waals surface area contributed by atoms with Crippen LogP contribution in [0.2, 0.25) is 0 Å². The largest absolute Gasteiger partial charge is 1.00 e. The second-order valence-corrected chi connectivity index (χ2v) is 7.35. The number of aromatic nitrogens is 3. The van der Waals surface area contributed by atoms with Crippen molar-refractivity contribution in [2.75, 3.05) is 20.3 Å². The van der Waals surface area contributed by atoms with E-state index in [-0.39, 0.29) is 47.4 Å². The van der Waals surface area contributed by atoms with E-state index in [0.717, 1.165) is 17.7 Å². The Bertz CT molecular complexity index is 1020. The van der Waals surface area contributed by atoms with Gasteiger partial charge in [-0.3, -0.25) is 9.19 Å². The molecule has 2 aromatic heterocycles. The summed E-state index contributed by atoms with van der Waals surface area (Å²) in [4.78, 5) is 11.1. The Balaban J connectivity index is 0.00000225. The van der Waals surface area contributed by atoms with Gasteiger partial charge in [-0.15, -0.1) is 0 Å². The molecule has 0 aliphatic rings. The second kappa shape index (κ2) is 10.0. The van der Waals surface area contributed by atoms with Gasteiger partial charge >= 0.3 is 35.7 Å². The minimum absolute atomic E-state index is 0. The first-order chi connectivity index (χ1) is 13.3. The third-order valence-corrected chi connectivity index (χ3v) is 5.23. The van der Waals surface area contributed by atoms with Crippen LogP contribution in [0, 0.1) is 6.92 Å². The van der Waals surface area contributed by atoms with E-state index in [2.05, 4.69) is 15.0 Å². The van der Waals surface area contributed by atoms with Crippen molar-refractivity contribution < 1.29 is 57.8 Å². The number of H-pyrrole nitrogens is 1. The van der Waals surface area contributed by atoms with Gasteiger partial charge in [0.1, 0.15) is 12.4 Å². The Morgan fingerprint density at radius 2 is 2.00 bits per heavy atom. The maximum Gasteiger partial charge on any atom is 1.00 e. The van der Waals surface area contributed by atoms with Crippen LogP contribution < -0.4 is 34.3 Å². The average molecular weight is 437 g/mol. The van der Waals surface area contributed by atoms with Crippen molar-refractivity contribution in [3.8, 4) is 5.75 Å². The fourth-order valence-corrected chi connectivity index (χ4v) is 3.66. The van der Waals surface area contributed by atoms with Crippen LogP contribution in [0.15, 0.2) is 35.6 Å². The summed E-state index contributed by atoms with van der Waals surface area (Å²) in [6, 6.07) is 4.86. The fraction of sp³-hybridized carbons (Fsp3) is 0.333. The molecule has 0 fully saturated rings. The summed E-state index contributed by atoms with van der Waals surface area (Å²) < 4.78 is 61.7. The molecule has 6 nitrogen and oxygen atoms in total. The second-order valence-electron chi connectivity index (χ2n) is 5.98. The number of alkyl halides is 3. The Morgan fingerprint density at radius 3 is 2.69 bits per heavy atom. The summed E-state index contributed by atoms with van der Waals surface area (Å²) in [6.45, 7) is 2.60. The average Bonchev–Trinajstić information content (AvgIpc) is 3.07. The van der Waals surface area contributed by atoms with Gasteiger partial charge in [-0.05, 0) is 31.2 Å². The summed E-state index contributed by atoms with van der Waals surface area (Å²) in [5.41, 5.74) is 1.00. The zero-order valence-electron chi connectivity index (χ0n) is 17.2. The molecule has 1 aromatic carbocycles. The third kappa shape index (κ3) is 5.79. The molecule has 29 heavy (non-hydrogen) atoms. The monoisotopic (exact) mass is 437 g/mol. The Labute approximate surface area is 191 Å². The van der Waals surface area contributed by atoms with Gasteiger partial charge in [-0.25, -0.2) is 4.98 Å². The molecule has 1 atom stereocenters. The minimum Gasteiger partial charge on any atom is -1.00 e. The molecule has 3 rings (SSSR count). The molecule has 0 bridgehead atoms. The first kappa shape index (κ1) is 23.8. The predicted octanol–water partition coefficient (Wildman–Crippen LogP) is 0.735. The number of rotatable bonds is 7. The number of nitrogens with zero attached hydrogens (tertiary/aromatic N) is 2. The van der Waals surface area contributed by atoms with E-state index >= 15 is 0 Å². The number of pyridine rings is 1. The molecular formula is C18H19F3N3NaO3S. The van der Waals surface area contributed by atoms with Crippen LogP contribution in [0.3, 0.4) is 0 Å². The number of nitrogens with one attached hydrogen (secondary N) is 1. The molecule has 152 valence electrons. The van der Waals surface area contributed by atoms with Crippen LogP contribution >= 0.6 is 0 Å². The van der Waals surface area contributed by atoms with Crippen LogP contribution in [-0.4, -0.2) is 39.5 Å². The van der Waals surface area contributed by atoms with Gasteiger partial charge in [-0.2, -0.15) is 13.2 Å². The number of methoxy groups -OCH3 is 1. The van der Waals surface area contributed by atoms with Gasteiger partial charge in [0.25, 0.3) is 0 Å². The molecule has 0 aliphatic heterocycles. The van der Waals surface area contributed by atoms with Crippen molar-refractivity contribution in [1.29, 1.82) is 0 Å². The molecule has 0 saturated heterocycles. The summed E-state index contributed by atoms with van der Waals surface area (Å²) in [5.74, 6) is 0.665. The number of imidazole rings is 1. The van der Waals surface area contributed by atoms with Gasteiger partial charge in [0.05, 0.1) is 45.5 Å². The molecular weight excluding hydrogens is 418 g/mol. The molecule has 11 heteroatoms. The standard InChI is InChI=1S/C18H18F3N3O3S.Na.H/c1-11-15(22-6-5-16(11)27-8-7-26-2)10-28(25)17-23-13-4-3-12(18(19,20)21)9-14(13)24-17;;/h3-6,9H,7-8,10H2,1-2H3,(H,23,24);;/q;+1;-1. The van der Waals surface area contributed by atoms with Gasteiger partial charge in [0.15, 0.2) is 5.16 Å². The summed E-state index contributed by atoms with van der Waals surface area (Å²) >= 11 is 0. The van der Waals surface area contributed by atoms with Gasteiger partial charge in [0, 0.05) is 18.9 Å². The number of hydrogen-bond acceptors (Lipinski definition) is 5. The molecule has 0 amide bonds. The molecule has 0 radical (unpaired) electrons. The molecule has 3 aromatic rings. The maximum atomic E-state index is 12.8. The number of halogens is 3. The van der Waals surface area contributed by atoms with Gasteiger partial charge < -0.3 is 15.9 Å². The number of fused-ring (bicyclic) bond motifs is 1. The summed E-state index contributed by atoms with van der Waals surface area (Å²) in [7, 11) is -0.0396. The zero-order valence-corrected chi connectivity index (χ0v) is 19.0. The SMILES string of the molecule is COCCOc1ccnc(CS(=O)c2nc3ccc(C(F)(F)F)cc3[nH]2)c1C.[H-].[Na+]. The van der Waals surface area contributed by atoms with Crippen LogP contribution in [0.25, 0.3) is 11.0 Å². The van der Waals surface area contributed by atoms with E-state index < -0.39 is 22.5 Å². The fourth-order valence-electron chi connectivity index (χ4n) is 2.56. The van der Waals surface area contributed by atoms with E-state index in [9.17, 15) is 17.4 Å². The number of hydrogen-bond donors (Lipinski definition) is 1. The first-order valence-corrected chi connectivity index (χ1v) is 9.63. The van der Waals surface area contributed by atoms with Crippen molar-refractivity contribution >= 4 is 21.8 Å². The van der Waals surface area contributed by atoms with Gasteiger partial charge in [-0.1, -0.05) is 0 Å². The Kier molecular flexibility index (Phi) is 8.24. The maximum absolute atomic E-state index is 12.8. The van der Waals surface area contributed by atoms with Crippen LogP contribution in [0.4, 0.5) is 13.2 Å². The molecule has 1 unspecified atom stereocenters. The Hall–Kier alpha value is -1.46. The minimum atomic E-state index is -4.46.